The van der Waals surface area contributed by atoms with Gasteiger partial charge in [-0.25, -0.2) is 4.79 Å². The van der Waals surface area contributed by atoms with Crippen molar-refractivity contribution in [2.75, 3.05) is 44.2 Å². The average Bonchev–Trinajstić information content (AvgIpc) is 2.81. The van der Waals surface area contributed by atoms with E-state index in [1.165, 1.54) is 31.7 Å². The SMILES string of the molecule is C=CCNC(=O)N1CCCSCC1CN1CCCC1. The van der Waals surface area contributed by atoms with Crippen molar-refractivity contribution < 1.29 is 4.79 Å². The molecule has 2 aliphatic rings. The first-order valence-electron chi connectivity index (χ1n) is 7.26. The number of nitrogens with zero attached hydrogens (tertiary/aromatic N) is 2. The fraction of sp³-hybridized carbons (Fsp3) is 0.786. The Morgan fingerprint density at radius 1 is 1.32 bits per heavy atom. The summed E-state index contributed by atoms with van der Waals surface area (Å²) in [5.74, 6) is 2.24. The van der Waals surface area contributed by atoms with E-state index in [1.54, 1.807) is 6.08 Å². The highest BCUT2D eigenvalue weighted by Crippen LogP contribution is 2.19. The summed E-state index contributed by atoms with van der Waals surface area (Å²) in [6, 6.07) is 0.432. The Hall–Kier alpha value is -0.680. The minimum atomic E-state index is 0.0756. The monoisotopic (exact) mass is 283 g/mol. The van der Waals surface area contributed by atoms with E-state index in [0.717, 1.165) is 25.3 Å². The first-order chi connectivity index (χ1) is 9.31. The average molecular weight is 283 g/mol. The van der Waals surface area contributed by atoms with Crippen LogP contribution < -0.4 is 5.32 Å². The third-order valence-corrected chi connectivity index (χ3v) is 4.96. The van der Waals surface area contributed by atoms with Crippen LogP contribution in [0.15, 0.2) is 12.7 Å². The fourth-order valence-electron chi connectivity index (χ4n) is 2.77. The van der Waals surface area contributed by atoms with Crippen molar-refractivity contribution in [3.63, 3.8) is 0 Å². The number of hydrogen-bond donors (Lipinski definition) is 1. The van der Waals surface area contributed by atoms with Gasteiger partial charge < -0.3 is 15.1 Å². The second-order valence-corrected chi connectivity index (χ2v) is 6.41. The molecular weight excluding hydrogens is 258 g/mol. The van der Waals surface area contributed by atoms with Gasteiger partial charge in [-0.15, -0.1) is 6.58 Å². The molecule has 108 valence electrons. The third-order valence-electron chi connectivity index (χ3n) is 3.76. The Balaban J connectivity index is 1.93. The van der Waals surface area contributed by atoms with Gasteiger partial charge in [-0.05, 0) is 38.1 Å². The minimum Gasteiger partial charge on any atom is -0.335 e. The van der Waals surface area contributed by atoms with E-state index in [9.17, 15) is 4.79 Å². The first kappa shape index (κ1) is 14.7. The predicted octanol–water partition coefficient (Wildman–Crippen LogP) is 1.79. The highest BCUT2D eigenvalue weighted by atomic mass is 32.2. The molecule has 2 heterocycles. The number of carbonyl (C=O) groups is 1. The molecule has 2 fully saturated rings. The molecule has 4 nitrogen and oxygen atoms in total. The van der Waals surface area contributed by atoms with Crippen molar-refractivity contribution in [2.45, 2.75) is 25.3 Å². The standard InChI is InChI=1S/C14H25N3OS/c1-2-6-15-14(18)17-9-5-10-19-12-13(17)11-16-7-3-4-8-16/h2,13H,1,3-12H2,(H,15,18). The lowest BCUT2D eigenvalue weighted by Crippen LogP contribution is -2.51. The minimum absolute atomic E-state index is 0.0756. The van der Waals surface area contributed by atoms with Crippen LogP contribution >= 0.6 is 11.8 Å². The maximum absolute atomic E-state index is 12.2. The van der Waals surface area contributed by atoms with Crippen LogP contribution in [0.3, 0.4) is 0 Å². The lowest BCUT2D eigenvalue weighted by molar-refractivity contribution is 0.163. The molecule has 0 spiro atoms. The van der Waals surface area contributed by atoms with Gasteiger partial charge in [-0.2, -0.15) is 11.8 Å². The number of urea groups is 1. The Bertz CT molecular complexity index is 305. The molecule has 0 aromatic carbocycles. The van der Waals surface area contributed by atoms with Crippen molar-refractivity contribution >= 4 is 17.8 Å². The molecule has 1 N–H and O–H groups in total. The van der Waals surface area contributed by atoms with Crippen LogP contribution in [-0.4, -0.2) is 66.1 Å². The summed E-state index contributed by atoms with van der Waals surface area (Å²) >= 11 is 1.98. The van der Waals surface area contributed by atoms with E-state index in [4.69, 9.17) is 0 Å². The number of likely N-dealkylation sites (tertiary alicyclic amines) is 1. The molecule has 0 aliphatic carbocycles. The third kappa shape index (κ3) is 4.42. The van der Waals surface area contributed by atoms with Gasteiger partial charge in [-0.3, -0.25) is 0 Å². The van der Waals surface area contributed by atoms with E-state index in [1.807, 2.05) is 16.7 Å². The molecule has 19 heavy (non-hydrogen) atoms. The lowest BCUT2D eigenvalue weighted by Gasteiger charge is -2.32. The molecule has 0 aromatic heterocycles. The molecule has 0 saturated carbocycles. The zero-order valence-corrected chi connectivity index (χ0v) is 12.5. The Morgan fingerprint density at radius 3 is 2.84 bits per heavy atom. The maximum Gasteiger partial charge on any atom is 0.317 e. The highest BCUT2D eigenvalue weighted by Gasteiger charge is 2.27. The second-order valence-electron chi connectivity index (χ2n) is 5.26. The van der Waals surface area contributed by atoms with Gasteiger partial charge in [0.15, 0.2) is 0 Å². The van der Waals surface area contributed by atoms with Gasteiger partial charge in [0.2, 0.25) is 0 Å². The van der Waals surface area contributed by atoms with Crippen molar-refractivity contribution in [2.24, 2.45) is 0 Å². The number of amides is 2. The van der Waals surface area contributed by atoms with E-state index < -0.39 is 0 Å². The second kappa shape index (κ2) is 7.80. The number of thioether (sulfide) groups is 1. The highest BCUT2D eigenvalue weighted by molar-refractivity contribution is 7.99. The summed E-state index contributed by atoms with van der Waals surface area (Å²) in [5, 5.41) is 2.93. The number of hydrogen-bond acceptors (Lipinski definition) is 3. The van der Waals surface area contributed by atoms with Crippen molar-refractivity contribution in [3.05, 3.63) is 12.7 Å². The topological polar surface area (TPSA) is 35.6 Å². The van der Waals surface area contributed by atoms with Crippen LogP contribution in [0.4, 0.5) is 4.79 Å². The van der Waals surface area contributed by atoms with Crippen LogP contribution in [0.1, 0.15) is 19.3 Å². The van der Waals surface area contributed by atoms with Crippen LogP contribution in [0.5, 0.6) is 0 Å². The van der Waals surface area contributed by atoms with Crippen LogP contribution in [0.2, 0.25) is 0 Å². The molecule has 2 saturated heterocycles. The molecule has 0 bridgehead atoms. The van der Waals surface area contributed by atoms with E-state index >= 15 is 0 Å². The Labute approximate surface area is 120 Å². The van der Waals surface area contributed by atoms with Crippen molar-refractivity contribution in [1.82, 2.24) is 15.1 Å². The van der Waals surface area contributed by atoms with Gasteiger partial charge in [0.1, 0.15) is 0 Å². The zero-order valence-electron chi connectivity index (χ0n) is 11.6. The van der Waals surface area contributed by atoms with Crippen LogP contribution in [0, 0.1) is 0 Å². The van der Waals surface area contributed by atoms with Crippen LogP contribution in [-0.2, 0) is 0 Å². The number of carbonyl (C=O) groups excluding carboxylic acids is 1. The summed E-state index contributed by atoms with van der Waals surface area (Å²) in [7, 11) is 0. The van der Waals surface area contributed by atoms with Crippen LogP contribution in [0.25, 0.3) is 0 Å². The van der Waals surface area contributed by atoms with Crippen molar-refractivity contribution in [3.8, 4) is 0 Å². The van der Waals surface area contributed by atoms with Gasteiger partial charge >= 0.3 is 6.03 Å². The lowest BCUT2D eigenvalue weighted by atomic mass is 10.2. The summed E-state index contributed by atoms with van der Waals surface area (Å²) in [4.78, 5) is 16.8. The first-order valence-corrected chi connectivity index (χ1v) is 8.42. The number of rotatable bonds is 4. The van der Waals surface area contributed by atoms with E-state index in [-0.39, 0.29) is 6.03 Å². The molecule has 0 radical (unpaired) electrons. The quantitative estimate of drug-likeness (QED) is 0.799. The molecule has 1 unspecified atom stereocenters. The zero-order chi connectivity index (χ0) is 13.5. The maximum atomic E-state index is 12.2. The van der Waals surface area contributed by atoms with E-state index in [0.29, 0.717) is 12.6 Å². The van der Waals surface area contributed by atoms with Gasteiger partial charge in [0.05, 0.1) is 6.04 Å². The van der Waals surface area contributed by atoms with Gasteiger partial charge in [0.25, 0.3) is 0 Å². The Kier molecular flexibility index (Phi) is 6.04. The molecule has 5 heteroatoms. The fourth-order valence-corrected chi connectivity index (χ4v) is 3.83. The molecular formula is C14H25N3OS. The Morgan fingerprint density at radius 2 is 2.11 bits per heavy atom. The summed E-state index contributed by atoms with van der Waals surface area (Å²) in [5.41, 5.74) is 0. The molecule has 2 amide bonds. The smallest absolute Gasteiger partial charge is 0.317 e. The van der Waals surface area contributed by atoms with Crippen molar-refractivity contribution in [1.29, 1.82) is 0 Å². The van der Waals surface area contributed by atoms with Gasteiger partial charge in [0, 0.05) is 25.4 Å². The summed E-state index contributed by atoms with van der Waals surface area (Å²) in [6.45, 7) is 8.52. The normalized spacial score (nSPS) is 25.1. The number of nitrogens with one attached hydrogen (secondary N) is 1. The summed E-state index contributed by atoms with van der Waals surface area (Å²) in [6.07, 6.45) is 5.45. The molecule has 2 rings (SSSR count). The largest absolute Gasteiger partial charge is 0.335 e. The van der Waals surface area contributed by atoms with E-state index in [2.05, 4.69) is 16.8 Å². The summed E-state index contributed by atoms with van der Waals surface area (Å²) < 4.78 is 0. The molecule has 0 aromatic rings. The predicted molar refractivity (Wildman–Crippen MR) is 81.7 cm³/mol. The van der Waals surface area contributed by atoms with Gasteiger partial charge in [-0.1, -0.05) is 6.08 Å². The molecule has 1 atom stereocenters. The molecule has 2 aliphatic heterocycles.